The molecular formula is C18H24N4O3. The molecule has 0 N–H and O–H groups in total. The van der Waals surface area contributed by atoms with Crippen LogP contribution in [0.3, 0.4) is 0 Å². The fourth-order valence-electron chi connectivity index (χ4n) is 2.88. The lowest BCUT2D eigenvalue weighted by atomic mass is 10.1. The highest BCUT2D eigenvalue weighted by atomic mass is 16.5. The molecule has 2 amide bonds. The average Bonchev–Trinajstić information content (AvgIpc) is 3.28. The zero-order valence-corrected chi connectivity index (χ0v) is 14.7. The number of hydrogen-bond donors (Lipinski definition) is 0. The number of benzene rings is 1. The Morgan fingerprint density at radius 1 is 1.36 bits per heavy atom. The van der Waals surface area contributed by atoms with Gasteiger partial charge in [0.05, 0.1) is 19.1 Å². The molecule has 2 heterocycles. The van der Waals surface area contributed by atoms with E-state index in [9.17, 15) is 4.79 Å². The summed E-state index contributed by atoms with van der Waals surface area (Å²) in [6.45, 7) is 2.47. The van der Waals surface area contributed by atoms with Crippen LogP contribution in [0.4, 0.5) is 4.79 Å². The number of ether oxygens (including phenoxy) is 1. The Hall–Kier alpha value is -2.41. The van der Waals surface area contributed by atoms with Crippen LogP contribution >= 0.6 is 0 Å². The van der Waals surface area contributed by atoms with E-state index in [4.69, 9.17) is 9.26 Å². The lowest BCUT2D eigenvalue weighted by Crippen LogP contribution is -2.37. The summed E-state index contributed by atoms with van der Waals surface area (Å²) in [5, 5.41) is 4.03. The molecule has 2 aromatic rings. The van der Waals surface area contributed by atoms with Crippen LogP contribution in [-0.2, 0) is 17.8 Å². The fraction of sp³-hybridized carbons (Fsp3) is 0.500. The summed E-state index contributed by atoms with van der Waals surface area (Å²) in [6.07, 6.45) is 1.47. The molecule has 1 atom stereocenters. The molecule has 1 aliphatic rings. The first-order valence-corrected chi connectivity index (χ1v) is 8.54. The van der Waals surface area contributed by atoms with Crippen LogP contribution < -0.4 is 0 Å². The van der Waals surface area contributed by atoms with Crippen molar-refractivity contribution in [2.24, 2.45) is 0 Å². The number of urea groups is 1. The maximum Gasteiger partial charge on any atom is 0.319 e. The van der Waals surface area contributed by atoms with Crippen molar-refractivity contribution in [3.63, 3.8) is 0 Å². The molecule has 7 heteroatoms. The third kappa shape index (κ3) is 4.57. The molecule has 0 radical (unpaired) electrons. The summed E-state index contributed by atoms with van der Waals surface area (Å²) in [7, 11) is 3.52. The number of amides is 2. The van der Waals surface area contributed by atoms with Crippen LogP contribution in [0.25, 0.3) is 0 Å². The number of nitrogens with zero attached hydrogens (tertiary/aromatic N) is 4. The molecule has 0 bridgehead atoms. The van der Waals surface area contributed by atoms with E-state index in [-0.39, 0.29) is 11.9 Å². The van der Waals surface area contributed by atoms with Gasteiger partial charge in [0, 0.05) is 33.6 Å². The van der Waals surface area contributed by atoms with Crippen LogP contribution in [0.15, 0.2) is 34.9 Å². The van der Waals surface area contributed by atoms with Gasteiger partial charge in [-0.25, -0.2) is 4.79 Å². The minimum atomic E-state index is 0.0246. The van der Waals surface area contributed by atoms with E-state index in [2.05, 4.69) is 10.1 Å². The molecule has 134 valence electrons. The Morgan fingerprint density at radius 3 is 2.92 bits per heavy atom. The van der Waals surface area contributed by atoms with Crippen molar-refractivity contribution in [2.45, 2.75) is 25.4 Å². The number of carbonyl (C=O) groups is 1. The molecule has 1 aromatic heterocycles. The van der Waals surface area contributed by atoms with Gasteiger partial charge in [-0.2, -0.15) is 4.98 Å². The van der Waals surface area contributed by atoms with Crippen molar-refractivity contribution >= 4 is 6.03 Å². The van der Waals surface area contributed by atoms with E-state index in [0.29, 0.717) is 37.9 Å². The number of carbonyl (C=O) groups excluding carboxylic acids is 1. The van der Waals surface area contributed by atoms with Crippen LogP contribution in [0.1, 0.15) is 29.6 Å². The predicted molar refractivity (Wildman–Crippen MR) is 92.1 cm³/mol. The Bertz CT molecular complexity index is 687. The Morgan fingerprint density at radius 2 is 2.16 bits per heavy atom. The van der Waals surface area contributed by atoms with Crippen molar-refractivity contribution < 1.29 is 14.1 Å². The summed E-state index contributed by atoms with van der Waals surface area (Å²) in [5.74, 6) is 1.39. The molecule has 1 saturated heterocycles. The smallest absolute Gasteiger partial charge is 0.319 e. The summed E-state index contributed by atoms with van der Waals surface area (Å²) in [6, 6.07) is 10.1. The second-order valence-electron chi connectivity index (χ2n) is 6.45. The first-order valence-electron chi connectivity index (χ1n) is 8.54. The van der Waals surface area contributed by atoms with Gasteiger partial charge in [-0.05, 0) is 12.0 Å². The molecule has 3 rings (SSSR count). The SMILES string of the molecule is CN(C)C(=O)N1CCC(c2nc(CCOCc3ccccc3)no2)C1. The lowest BCUT2D eigenvalue weighted by Gasteiger charge is -2.20. The van der Waals surface area contributed by atoms with E-state index in [1.165, 1.54) is 0 Å². The molecule has 1 fully saturated rings. The maximum atomic E-state index is 12.0. The third-order valence-corrected chi connectivity index (χ3v) is 4.26. The van der Waals surface area contributed by atoms with Crippen LogP contribution in [-0.4, -0.2) is 59.8 Å². The topological polar surface area (TPSA) is 71.7 Å². The van der Waals surface area contributed by atoms with Gasteiger partial charge >= 0.3 is 6.03 Å². The second kappa shape index (κ2) is 8.11. The van der Waals surface area contributed by atoms with Crippen molar-refractivity contribution in [1.29, 1.82) is 0 Å². The Balaban J connectivity index is 1.44. The van der Waals surface area contributed by atoms with Gasteiger partial charge in [-0.15, -0.1) is 0 Å². The lowest BCUT2D eigenvalue weighted by molar-refractivity contribution is 0.122. The molecule has 25 heavy (non-hydrogen) atoms. The minimum absolute atomic E-state index is 0.0246. The van der Waals surface area contributed by atoms with E-state index in [1.54, 1.807) is 19.0 Å². The zero-order valence-electron chi connectivity index (χ0n) is 14.7. The first kappa shape index (κ1) is 17.4. The highest BCUT2D eigenvalue weighted by Crippen LogP contribution is 2.26. The third-order valence-electron chi connectivity index (χ3n) is 4.26. The highest BCUT2D eigenvalue weighted by Gasteiger charge is 2.31. The summed E-state index contributed by atoms with van der Waals surface area (Å²) in [4.78, 5) is 19.9. The summed E-state index contributed by atoms with van der Waals surface area (Å²) in [5.41, 5.74) is 1.15. The van der Waals surface area contributed by atoms with E-state index >= 15 is 0 Å². The van der Waals surface area contributed by atoms with E-state index in [0.717, 1.165) is 18.5 Å². The summed E-state index contributed by atoms with van der Waals surface area (Å²) < 4.78 is 11.0. The number of rotatable bonds is 6. The van der Waals surface area contributed by atoms with Crippen molar-refractivity contribution in [3.8, 4) is 0 Å². The maximum absolute atomic E-state index is 12.0. The van der Waals surface area contributed by atoms with Crippen LogP contribution in [0.5, 0.6) is 0 Å². The molecule has 1 unspecified atom stereocenters. The van der Waals surface area contributed by atoms with Gasteiger partial charge in [0.25, 0.3) is 0 Å². The van der Waals surface area contributed by atoms with E-state index in [1.807, 2.05) is 35.2 Å². The van der Waals surface area contributed by atoms with Gasteiger partial charge in [-0.3, -0.25) is 0 Å². The second-order valence-corrected chi connectivity index (χ2v) is 6.45. The standard InChI is InChI=1S/C18H24N4O3/c1-21(2)18(23)22-10-8-15(12-22)17-19-16(20-25-17)9-11-24-13-14-6-4-3-5-7-14/h3-7,15H,8-13H2,1-2H3. The van der Waals surface area contributed by atoms with Gasteiger partial charge < -0.3 is 19.1 Å². The molecule has 7 nitrogen and oxygen atoms in total. The largest absolute Gasteiger partial charge is 0.376 e. The quantitative estimate of drug-likeness (QED) is 0.752. The van der Waals surface area contributed by atoms with Crippen LogP contribution in [0.2, 0.25) is 0 Å². The highest BCUT2D eigenvalue weighted by molar-refractivity contribution is 5.74. The Kier molecular flexibility index (Phi) is 5.65. The van der Waals surface area contributed by atoms with Gasteiger partial charge in [0.1, 0.15) is 0 Å². The minimum Gasteiger partial charge on any atom is -0.376 e. The molecule has 1 aliphatic heterocycles. The molecular weight excluding hydrogens is 320 g/mol. The number of aromatic nitrogens is 2. The number of likely N-dealkylation sites (tertiary alicyclic amines) is 1. The van der Waals surface area contributed by atoms with Gasteiger partial charge in [-0.1, -0.05) is 35.5 Å². The van der Waals surface area contributed by atoms with Gasteiger partial charge in [0.15, 0.2) is 5.82 Å². The fourth-order valence-corrected chi connectivity index (χ4v) is 2.88. The normalized spacial score (nSPS) is 17.0. The Labute approximate surface area is 147 Å². The van der Waals surface area contributed by atoms with Crippen molar-refractivity contribution in [1.82, 2.24) is 19.9 Å². The molecule has 0 saturated carbocycles. The molecule has 0 aliphatic carbocycles. The number of hydrogen-bond acceptors (Lipinski definition) is 5. The van der Waals surface area contributed by atoms with Gasteiger partial charge in [0.2, 0.25) is 5.89 Å². The van der Waals surface area contributed by atoms with Crippen molar-refractivity contribution in [3.05, 3.63) is 47.6 Å². The molecule has 0 spiro atoms. The summed E-state index contributed by atoms with van der Waals surface area (Å²) >= 11 is 0. The van der Waals surface area contributed by atoms with Crippen molar-refractivity contribution in [2.75, 3.05) is 33.8 Å². The predicted octanol–water partition coefficient (Wildman–Crippen LogP) is 2.30. The monoisotopic (exact) mass is 344 g/mol. The zero-order chi connectivity index (χ0) is 17.6. The molecule has 1 aromatic carbocycles. The van der Waals surface area contributed by atoms with Crippen LogP contribution in [0, 0.1) is 0 Å². The first-order chi connectivity index (χ1) is 12.1. The van der Waals surface area contributed by atoms with E-state index < -0.39 is 0 Å². The average molecular weight is 344 g/mol.